The predicted octanol–water partition coefficient (Wildman–Crippen LogP) is 1.89. The van der Waals surface area contributed by atoms with Crippen LogP contribution in [0.5, 0.6) is 0 Å². The first-order valence-corrected chi connectivity index (χ1v) is 4.12. The first-order valence-electron chi connectivity index (χ1n) is 3.33. The van der Waals surface area contributed by atoms with Gasteiger partial charge in [0.2, 0.25) is 0 Å². The lowest BCUT2D eigenvalue weighted by Gasteiger charge is -2.07. The molecule has 0 unspecified atom stereocenters. The van der Waals surface area contributed by atoms with Gasteiger partial charge < -0.3 is 5.32 Å². The molecule has 66 valence electrons. The molecule has 0 saturated heterocycles. The van der Waals surface area contributed by atoms with Crippen LogP contribution >= 0.6 is 15.9 Å². The van der Waals surface area contributed by atoms with Gasteiger partial charge in [-0.1, -0.05) is 13.3 Å². The molecule has 0 aromatic carbocycles. The van der Waals surface area contributed by atoms with Crippen molar-refractivity contribution in [3.63, 3.8) is 0 Å². The fourth-order valence-corrected chi connectivity index (χ4v) is 0.619. The van der Waals surface area contributed by atoms with Gasteiger partial charge in [0.15, 0.2) is 0 Å². The number of halogens is 3. The number of alkyl halides is 3. The molecule has 0 rings (SSSR count). The second-order valence-corrected chi connectivity index (χ2v) is 3.10. The first kappa shape index (κ1) is 10.8. The van der Waals surface area contributed by atoms with E-state index in [-0.39, 0.29) is 0 Å². The van der Waals surface area contributed by atoms with Crippen molar-refractivity contribution in [2.24, 2.45) is 0 Å². The highest BCUT2D eigenvalue weighted by molar-refractivity contribution is 9.10. The number of rotatable bonds is 4. The van der Waals surface area contributed by atoms with Gasteiger partial charge in [0.1, 0.15) is 0 Å². The highest BCUT2D eigenvalue weighted by atomic mass is 79.9. The molecule has 0 aromatic heterocycles. The van der Waals surface area contributed by atoms with Crippen LogP contribution in [0.1, 0.15) is 19.8 Å². The average molecular weight is 230 g/mol. The molecule has 0 fully saturated rings. The van der Waals surface area contributed by atoms with Crippen LogP contribution in [0.15, 0.2) is 0 Å². The van der Waals surface area contributed by atoms with E-state index in [0.717, 1.165) is 12.8 Å². The molecule has 11 heavy (non-hydrogen) atoms. The van der Waals surface area contributed by atoms with Gasteiger partial charge in [0.25, 0.3) is 0 Å². The molecule has 0 aliphatic rings. The molecule has 1 amide bonds. The fraction of sp³-hybridized carbons (Fsp3) is 0.833. The molecule has 0 saturated carbocycles. The first-order chi connectivity index (χ1) is 4.98. The van der Waals surface area contributed by atoms with Gasteiger partial charge in [-0.3, -0.25) is 4.79 Å². The second-order valence-electron chi connectivity index (χ2n) is 2.11. The van der Waals surface area contributed by atoms with Crippen LogP contribution in [-0.4, -0.2) is 17.3 Å². The molecule has 0 spiro atoms. The van der Waals surface area contributed by atoms with Crippen molar-refractivity contribution in [2.75, 3.05) is 6.54 Å². The minimum absolute atomic E-state index is 0.302. The fourth-order valence-electron chi connectivity index (χ4n) is 0.479. The van der Waals surface area contributed by atoms with Crippen molar-refractivity contribution in [1.82, 2.24) is 5.32 Å². The van der Waals surface area contributed by atoms with E-state index in [1.165, 1.54) is 0 Å². The lowest BCUT2D eigenvalue weighted by atomic mass is 10.3. The number of hydrogen-bond donors (Lipinski definition) is 1. The van der Waals surface area contributed by atoms with Crippen molar-refractivity contribution in [1.29, 1.82) is 0 Å². The summed E-state index contributed by atoms with van der Waals surface area (Å²) in [5, 5.41) is 2.09. The Bertz CT molecular complexity index is 135. The Morgan fingerprint density at radius 3 is 2.55 bits per heavy atom. The Balaban J connectivity index is 3.54. The summed E-state index contributed by atoms with van der Waals surface area (Å²) in [5.41, 5.74) is 0. The maximum atomic E-state index is 12.0. The highest BCUT2D eigenvalue weighted by Crippen LogP contribution is 2.20. The van der Waals surface area contributed by atoms with Crippen molar-refractivity contribution in [3.05, 3.63) is 0 Å². The van der Waals surface area contributed by atoms with E-state index in [2.05, 4.69) is 5.32 Å². The van der Waals surface area contributed by atoms with Gasteiger partial charge in [0.05, 0.1) is 0 Å². The molecule has 1 N–H and O–H groups in total. The van der Waals surface area contributed by atoms with Crippen LogP contribution in [0.3, 0.4) is 0 Å². The number of carbonyl (C=O) groups is 1. The minimum Gasteiger partial charge on any atom is -0.350 e. The quantitative estimate of drug-likeness (QED) is 0.579. The maximum absolute atomic E-state index is 12.0. The van der Waals surface area contributed by atoms with E-state index in [4.69, 9.17) is 0 Å². The topological polar surface area (TPSA) is 29.1 Å². The third-order valence-electron chi connectivity index (χ3n) is 1.07. The average Bonchev–Trinajstić information content (AvgIpc) is 1.86. The Kier molecular flexibility index (Phi) is 4.56. The van der Waals surface area contributed by atoms with E-state index >= 15 is 0 Å². The van der Waals surface area contributed by atoms with Crippen LogP contribution in [0, 0.1) is 0 Å². The Morgan fingerprint density at radius 2 is 2.18 bits per heavy atom. The summed E-state index contributed by atoms with van der Waals surface area (Å²) in [6.45, 7) is 2.22. The molecular weight excluding hydrogens is 220 g/mol. The normalized spacial score (nSPS) is 11.3. The van der Waals surface area contributed by atoms with Gasteiger partial charge in [-0.2, -0.15) is 8.78 Å². The van der Waals surface area contributed by atoms with Crippen LogP contribution in [0.4, 0.5) is 8.78 Å². The lowest BCUT2D eigenvalue weighted by Crippen LogP contribution is -2.36. The summed E-state index contributed by atoms with van der Waals surface area (Å²) in [6.07, 6.45) is 1.59. The Labute approximate surface area is 72.5 Å². The Morgan fingerprint density at radius 1 is 1.64 bits per heavy atom. The number of nitrogens with one attached hydrogen (secondary N) is 1. The third kappa shape index (κ3) is 5.12. The summed E-state index contributed by atoms with van der Waals surface area (Å²) in [6, 6.07) is 0. The number of amides is 1. The monoisotopic (exact) mass is 229 g/mol. The Hall–Kier alpha value is -0.190. The molecule has 0 bridgehead atoms. The largest absolute Gasteiger partial charge is 0.377 e. The van der Waals surface area contributed by atoms with Crippen molar-refractivity contribution < 1.29 is 13.6 Å². The lowest BCUT2D eigenvalue weighted by molar-refractivity contribution is -0.134. The number of carbonyl (C=O) groups excluding carboxylic acids is 1. The summed E-state index contributed by atoms with van der Waals surface area (Å²) < 4.78 is 24.1. The molecule has 2 nitrogen and oxygen atoms in total. The summed E-state index contributed by atoms with van der Waals surface area (Å²) in [5.74, 6) is -1.27. The zero-order valence-corrected chi connectivity index (χ0v) is 7.75. The molecule has 0 aliphatic carbocycles. The van der Waals surface area contributed by atoms with E-state index in [1.54, 1.807) is 0 Å². The molecule has 0 heterocycles. The van der Waals surface area contributed by atoms with Gasteiger partial charge >= 0.3 is 10.7 Å². The van der Waals surface area contributed by atoms with E-state index in [9.17, 15) is 13.6 Å². The van der Waals surface area contributed by atoms with Crippen LogP contribution in [0.25, 0.3) is 0 Å². The van der Waals surface area contributed by atoms with Gasteiger partial charge in [-0.15, -0.1) is 0 Å². The maximum Gasteiger partial charge on any atom is 0.377 e. The third-order valence-corrected chi connectivity index (χ3v) is 1.43. The summed E-state index contributed by atoms with van der Waals surface area (Å²) in [7, 11) is 0. The number of hydrogen-bond acceptors (Lipinski definition) is 1. The van der Waals surface area contributed by atoms with E-state index in [1.807, 2.05) is 22.9 Å². The molecule has 0 aliphatic heterocycles. The minimum atomic E-state index is -3.43. The van der Waals surface area contributed by atoms with E-state index < -0.39 is 10.7 Å². The molecule has 0 atom stereocenters. The van der Waals surface area contributed by atoms with Gasteiger partial charge in [0, 0.05) is 22.5 Å². The second kappa shape index (κ2) is 4.64. The smallest absolute Gasteiger partial charge is 0.350 e. The van der Waals surface area contributed by atoms with Crippen molar-refractivity contribution in [2.45, 2.75) is 24.6 Å². The van der Waals surface area contributed by atoms with Gasteiger partial charge in [-0.25, -0.2) is 0 Å². The zero-order chi connectivity index (χ0) is 8.91. The van der Waals surface area contributed by atoms with Crippen molar-refractivity contribution in [3.8, 4) is 0 Å². The molecular formula is C6H10BrF2NO. The molecule has 5 heteroatoms. The van der Waals surface area contributed by atoms with E-state index in [0.29, 0.717) is 6.54 Å². The SMILES string of the molecule is CCCCNC(=O)C(F)(F)Br. The number of unbranched alkanes of at least 4 members (excludes halogenated alkanes) is 1. The standard InChI is InChI=1S/C6H10BrF2NO/c1-2-3-4-10-5(11)6(7,8)9/h2-4H2,1H3,(H,10,11). The van der Waals surface area contributed by atoms with Crippen LogP contribution in [0.2, 0.25) is 0 Å². The summed E-state index contributed by atoms with van der Waals surface area (Å²) >= 11 is 1.95. The van der Waals surface area contributed by atoms with Crippen molar-refractivity contribution >= 4 is 21.8 Å². The summed E-state index contributed by atoms with van der Waals surface area (Å²) in [4.78, 5) is 7.00. The molecule has 0 radical (unpaired) electrons. The van der Waals surface area contributed by atoms with Gasteiger partial charge in [-0.05, 0) is 6.42 Å². The predicted molar refractivity (Wildman–Crippen MR) is 41.8 cm³/mol. The van der Waals surface area contributed by atoms with Crippen LogP contribution in [-0.2, 0) is 4.79 Å². The highest BCUT2D eigenvalue weighted by Gasteiger charge is 2.34. The molecule has 0 aromatic rings. The van der Waals surface area contributed by atoms with Crippen LogP contribution < -0.4 is 5.32 Å². The zero-order valence-electron chi connectivity index (χ0n) is 6.16.